The van der Waals surface area contributed by atoms with Crippen molar-refractivity contribution >= 4 is 11.3 Å². The number of aliphatic hydroxyl groups excluding tert-OH is 1. The zero-order valence-electron chi connectivity index (χ0n) is 12.1. The fourth-order valence-corrected chi connectivity index (χ4v) is 3.31. The van der Waals surface area contributed by atoms with Crippen molar-refractivity contribution in [2.75, 3.05) is 32.8 Å². The Hall–Kier alpha value is -0.490. The summed E-state index contributed by atoms with van der Waals surface area (Å²) in [4.78, 5) is 7.10. The second-order valence-corrected chi connectivity index (χ2v) is 7.02. The van der Waals surface area contributed by atoms with Gasteiger partial charge in [0.05, 0.1) is 23.4 Å². The van der Waals surface area contributed by atoms with Crippen molar-refractivity contribution in [3.05, 3.63) is 16.1 Å². The highest BCUT2D eigenvalue weighted by atomic mass is 32.1. The first-order chi connectivity index (χ1) is 9.02. The Morgan fingerprint density at radius 2 is 2.21 bits per heavy atom. The van der Waals surface area contributed by atoms with Crippen molar-refractivity contribution in [2.24, 2.45) is 0 Å². The normalized spacial score (nSPS) is 20.2. The van der Waals surface area contributed by atoms with Crippen molar-refractivity contribution in [1.29, 1.82) is 0 Å². The van der Waals surface area contributed by atoms with Gasteiger partial charge in [-0.15, -0.1) is 11.3 Å². The minimum atomic E-state index is 0.0484. The molecule has 1 aliphatic heterocycles. The molecule has 1 aromatic rings. The number of aromatic nitrogens is 1. The van der Waals surface area contributed by atoms with Crippen LogP contribution < -0.4 is 5.32 Å². The van der Waals surface area contributed by atoms with Gasteiger partial charge in [-0.2, -0.15) is 0 Å². The number of nitrogens with one attached hydrogen (secondary N) is 1. The molecule has 0 aliphatic carbocycles. The molecule has 19 heavy (non-hydrogen) atoms. The first-order valence-corrected chi connectivity index (χ1v) is 7.92. The molecular weight excluding hydrogens is 258 g/mol. The van der Waals surface area contributed by atoms with E-state index in [9.17, 15) is 5.11 Å². The van der Waals surface area contributed by atoms with E-state index in [2.05, 4.69) is 36.4 Å². The molecule has 1 saturated heterocycles. The number of hydrogen-bond donors (Lipinski definition) is 2. The van der Waals surface area contributed by atoms with Crippen LogP contribution in [0, 0.1) is 0 Å². The third-order valence-electron chi connectivity index (χ3n) is 3.49. The van der Waals surface area contributed by atoms with Crippen LogP contribution in [-0.4, -0.2) is 47.8 Å². The predicted molar refractivity (Wildman–Crippen MR) is 79.7 cm³/mol. The second-order valence-electron chi connectivity index (χ2n) is 6.17. The monoisotopic (exact) mass is 283 g/mol. The molecule has 1 unspecified atom stereocenters. The molecule has 2 rings (SSSR count). The van der Waals surface area contributed by atoms with E-state index in [1.165, 1.54) is 0 Å². The summed E-state index contributed by atoms with van der Waals surface area (Å²) < 4.78 is 0. The van der Waals surface area contributed by atoms with Crippen molar-refractivity contribution in [2.45, 2.75) is 38.6 Å². The molecule has 108 valence electrons. The summed E-state index contributed by atoms with van der Waals surface area (Å²) in [6.45, 7) is 10.8. The van der Waals surface area contributed by atoms with Crippen LogP contribution >= 0.6 is 11.3 Å². The number of rotatable bonds is 3. The van der Waals surface area contributed by atoms with Crippen molar-refractivity contribution in [1.82, 2.24) is 15.2 Å². The molecule has 0 aromatic carbocycles. The Labute approximate surface area is 119 Å². The van der Waals surface area contributed by atoms with Gasteiger partial charge in [-0.1, -0.05) is 20.8 Å². The Morgan fingerprint density at radius 1 is 1.42 bits per heavy atom. The molecule has 4 nitrogen and oxygen atoms in total. The van der Waals surface area contributed by atoms with Crippen LogP contribution in [0.4, 0.5) is 0 Å². The highest BCUT2D eigenvalue weighted by molar-refractivity contribution is 7.09. The molecule has 2 N–H and O–H groups in total. The van der Waals surface area contributed by atoms with Gasteiger partial charge in [-0.25, -0.2) is 4.98 Å². The second kappa shape index (κ2) is 6.31. The average molecular weight is 283 g/mol. The van der Waals surface area contributed by atoms with Crippen LogP contribution in [0.15, 0.2) is 5.38 Å². The highest BCUT2D eigenvalue weighted by Gasteiger charge is 2.25. The lowest BCUT2D eigenvalue weighted by Gasteiger charge is -2.27. The molecule has 0 spiro atoms. The largest absolute Gasteiger partial charge is 0.394 e. The number of aliphatic hydroxyl groups is 1. The van der Waals surface area contributed by atoms with Crippen LogP contribution in [0.2, 0.25) is 0 Å². The number of thiazole rings is 1. The molecule has 5 heteroatoms. The smallest absolute Gasteiger partial charge is 0.0982 e. The molecular formula is C14H25N3OS. The summed E-state index contributed by atoms with van der Waals surface area (Å²) >= 11 is 1.70. The summed E-state index contributed by atoms with van der Waals surface area (Å²) in [5, 5.41) is 16.4. The fourth-order valence-electron chi connectivity index (χ4n) is 2.36. The van der Waals surface area contributed by atoms with Crippen molar-refractivity contribution in [3.8, 4) is 0 Å². The Bertz CT molecular complexity index is 392. The molecule has 1 fully saturated rings. The van der Waals surface area contributed by atoms with Crippen LogP contribution in [0.25, 0.3) is 0 Å². The standard InChI is InChI=1S/C14H25N3OS/c1-14(2,3)13-16-11(10-19-13)12(9-18)17-7-4-5-15-6-8-17/h10,12,15,18H,4-9H2,1-3H3. The summed E-state index contributed by atoms with van der Waals surface area (Å²) in [6.07, 6.45) is 1.13. The summed E-state index contributed by atoms with van der Waals surface area (Å²) in [6, 6.07) is 0.0484. The quantitative estimate of drug-likeness (QED) is 0.887. The SMILES string of the molecule is CC(C)(C)c1nc(C(CO)N2CCCNCC2)cs1. The van der Waals surface area contributed by atoms with Gasteiger partial charge in [0.25, 0.3) is 0 Å². The zero-order valence-corrected chi connectivity index (χ0v) is 13.0. The third kappa shape index (κ3) is 3.75. The van der Waals surface area contributed by atoms with Crippen LogP contribution in [-0.2, 0) is 5.41 Å². The summed E-state index contributed by atoms with van der Waals surface area (Å²) in [7, 11) is 0. The van der Waals surface area contributed by atoms with E-state index in [4.69, 9.17) is 4.98 Å². The molecule has 1 atom stereocenters. The average Bonchev–Trinajstić information content (AvgIpc) is 2.68. The summed E-state index contributed by atoms with van der Waals surface area (Å²) in [5.41, 5.74) is 1.11. The van der Waals surface area contributed by atoms with Gasteiger partial charge in [0.2, 0.25) is 0 Å². The predicted octanol–water partition coefficient (Wildman–Crippen LogP) is 1.77. The van der Waals surface area contributed by atoms with Gasteiger partial charge in [0.15, 0.2) is 0 Å². The Balaban J connectivity index is 2.14. The maximum Gasteiger partial charge on any atom is 0.0982 e. The zero-order chi connectivity index (χ0) is 13.9. The van der Waals surface area contributed by atoms with E-state index in [0.717, 1.165) is 43.3 Å². The lowest BCUT2D eigenvalue weighted by Crippen LogP contribution is -2.34. The maximum absolute atomic E-state index is 9.74. The number of nitrogens with zero attached hydrogens (tertiary/aromatic N) is 2. The van der Waals surface area contributed by atoms with Gasteiger partial charge in [-0.05, 0) is 13.0 Å². The minimum absolute atomic E-state index is 0.0484. The van der Waals surface area contributed by atoms with E-state index in [0.29, 0.717) is 0 Å². The van der Waals surface area contributed by atoms with E-state index in [1.807, 2.05) is 0 Å². The third-order valence-corrected chi connectivity index (χ3v) is 4.78. The lowest BCUT2D eigenvalue weighted by atomic mass is 9.98. The molecule has 2 heterocycles. The van der Waals surface area contributed by atoms with Gasteiger partial charge in [0.1, 0.15) is 0 Å². The van der Waals surface area contributed by atoms with Gasteiger partial charge in [0, 0.05) is 30.4 Å². The molecule has 0 amide bonds. The molecule has 0 radical (unpaired) electrons. The van der Waals surface area contributed by atoms with Crippen LogP contribution in [0.3, 0.4) is 0 Å². The van der Waals surface area contributed by atoms with Gasteiger partial charge < -0.3 is 10.4 Å². The van der Waals surface area contributed by atoms with E-state index < -0.39 is 0 Å². The first-order valence-electron chi connectivity index (χ1n) is 7.04. The molecule has 1 aliphatic rings. The topological polar surface area (TPSA) is 48.4 Å². The van der Waals surface area contributed by atoms with Crippen molar-refractivity contribution < 1.29 is 5.11 Å². The minimum Gasteiger partial charge on any atom is -0.394 e. The van der Waals surface area contributed by atoms with E-state index in [1.54, 1.807) is 11.3 Å². The van der Waals surface area contributed by atoms with Gasteiger partial charge in [-0.3, -0.25) is 4.90 Å². The summed E-state index contributed by atoms with van der Waals surface area (Å²) in [5.74, 6) is 0. The number of hydrogen-bond acceptors (Lipinski definition) is 5. The molecule has 0 saturated carbocycles. The maximum atomic E-state index is 9.74. The molecule has 1 aromatic heterocycles. The van der Waals surface area contributed by atoms with Crippen molar-refractivity contribution in [3.63, 3.8) is 0 Å². The fraction of sp³-hybridized carbons (Fsp3) is 0.786. The molecule has 0 bridgehead atoms. The Kier molecular flexibility index (Phi) is 4.95. The van der Waals surface area contributed by atoms with E-state index in [-0.39, 0.29) is 18.1 Å². The van der Waals surface area contributed by atoms with Crippen LogP contribution in [0.5, 0.6) is 0 Å². The Morgan fingerprint density at radius 3 is 2.84 bits per heavy atom. The first kappa shape index (κ1) is 14.9. The lowest BCUT2D eigenvalue weighted by molar-refractivity contribution is 0.127. The van der Waals surface area contributed by atoms with Crippen LogP contribution in [0.1, 0.15) is 43.9 Å². The van der Waals surface area contributed by atoms with E-state index >= 15 is 0 Å². The van der Waals surface area contributed by atoms with Gasteiger partial charge >= 0.3 is 0 Å². The highest BCUT2D eigenvalue weighted by Crippen LogP contribution is 2.29.